The zero-order valence-electron chi connectivity index (χ0n) is 13.1. The molecular formula is C16H28BrN3. The van der Waals surface area contributed by atoms with E-state index in [0.29, 0.717) is 5.41 Å². The fraction of sp³-hybridized carbons (Fsp3) is 0.812. The van der Waals surface area contributed by atoms with E-state index in [2.05, 4.69) is 51.9 Å². The van der Waals surface area contributed by atoms with Crippen LogP contribution < -0.4 is 5.32 Å². The maximum Gasteiger partial charge on any atom is 0.0766 e. The number of nitrogens with one attached hydrogen (secondary N) is 1. The molecule has 4 heteroatoms. The third-order valence-electron chi connectivity index (χ3n) is 4.64. The highest BCUT2D eigenvalue weighted by Gasteiger charge is 2.35. The van der Waals surface area contributed by atoms with Gasteiger partial charge in [0.25, 0.3) is 0 Å². The van der Waals surface area contributed by atoms with Gasteiger partial charge in [-0.3, -0.25) is 4.68 Å². The molecule has 2 rings (SSSR count). The van der Waals surface area contributed by atoms with Crippen LogP contribution in [0.15, 0.2) is 4.47 Å². The summed E-state index contributed by atoms with van der Waals surface area (Å²) >= 11 is 3.77. The van der Waals surface area contributed by atoms with Gasteiger partial charge in [0, 0.05) is 13.6 Å². The van der Waals surface area contributed by atoms with Crippen LogP contribution in [0.25, 0.3) is 0 Å². The van der Waals surface area contributed by atoms with Gasteiger partial charge in [-0.25, -0.2) is 0 Å². The highest BCUT2D eigenvalue weighted by molar-refractivity contribution is 9.10. The fourth-order valence-electron chi connectivity index (χ4n) is 3.44. The van der Waals surface area contributed by atoms with Crippen molar-refractivity contribution in [2.24, 2.45) is 12.5 Å². The molecule has 3 nitrogen and oxygen atoms in total. The molecule has 1 saturated carbocycles. The minimum absolute atomic E-state index is 0.441. The first-order valence-corrected chi connectivity index (χ1v) is 8.82. The van der Waals surface area contributed by atoms with Gasteiger partial charge in [0.1, 0.15) is 0 Å². The van der Waals surface area contributed by atoms with E-state index in [9.17, 15) is 0 Å². The minimum Gasteiger partial charge on any atom is -0.316 e. The summed E-state index contributed by atoms with van der Waals surface area (Å²) in [6, 6.07) is 0. The van der Waals surface area contributed by atoms with Gasteiger partial charge in [0.05, 0.1) is 15.9 Å². The number of aromatic nitrogens is 2. The van der Waals surface area contributed by atoms with E-state index in [1.807, 2.05) is 0 Å². The molecule has 1 aromatic rings. The second-order valence-electron chi connectivity index (χ2n) is 6.25. The highest BCUT2D eigenvalue weighted by atomic mass is 79.9. The normalized spacial score (nSPS) is 17.8. The Morgan fingerprint density at radius 1 is 1.30 bits per heavy atom. The van der Waals surface area contributed by atoms with E-state index in [1.165, 1.54) is 48.0 Å². The lowest BCUT2D eigenvalue weighted by Crippen LogP contribution is -2.35. The molecule has 0 radical (unpaired) electrons. The first-order valence-electron chi connectivity index (χ1n) is 8.03. The van der Waals surface area contributed by atoms with Crippen molar-refractivity contribution in [3.63, 3.8) is 0 Å². The summed E-state index contributed by atoms with van der Waals surface area (Å²) in [5.41, 5.74) is 3.01. The lowest BCUT2D eigenvalue weighted by atomic mass is 9.81. The van der Waals surface area contributed by atoms with Crippen LogP contribution in [0.2, 0.25) is 0 Å². The number of halogens is 1. The van der Waals surface area contributed by atoms with E-state index in [-0.39, 0.29) is 0 Å². The van der Waals surface area contributed by atoms with Crippen LogP contribution in [0.5, 0.6) is 0 Å². The summed E-state index contributed by atoms with van der Waals surface area (Å²) in [7, 11) is 2.08. The van der Waals surface area contributed by atoms with Gasteiger partial charge in [-0.15, -0.1) is 0 Å². The van der Waals surface area contributed by atoms with E-state index < -0.39 is 0 Å². The molecule has 1 heterocycles. The molecule has 0 aliphatic heterocycles. The predicted octanol–water partition coefficient (Wildman–Crippen LogP) is 3.85. The summed E-state index contributed by atoms with van der Waals surface area (Å²) in [4.78, 5) is 0. The van der Waals surface area contributed by atoms with Gasteiger partial charge < -0.3 is 5.32 Å². The third-order valence-corrected chi connectivity index (χ3v) is 5.55. The number of rotatable bonds is 7. The Balaban J connectivity index is 2.14. The van der Waals surface area contributed by atoms with Gasteiger partial charge >= 0.3 is 0 Å². The molecule has 0 saturated heterocycles. The van der Waals surface area contributed by atoms with Crippen molar-refractivity contribution in [1.82, 2.24) is 15.1 Å². The molecule has 0 unspecified atom stereocenters. The van der Waals surface area contributed by atoms with Crippen molar-refractivity contribution in [3.05, 3.63) is 15.9 Å². The average molecular weight is 342 g/mol. The van der Waals surface area contributed by atoms with Crippen LogP contribution in [0.4, 0.5) is 0 Å². The monoisotopic (exact) mass is 341 g/mol. The number of nitrogens with zero attached hydrogens (tertiary/aromatic N) is 2. The van der Waals surface area contributed by atoms with Crippen molar-refractivity contribution < 1.29 is 0 Å². The van der Waals surface area contributed by atoms with Crippen LogP contribution in [0.1, 0.15) is 57.3 Å². The quantitative estimate of drug-likeness (QED) is 0.763. The standard InChI is InChI=1S/C16H28BrN3/c1-4-10-18-12-16(8-6-7-9-16)11-14-15(17)13(5-2)19-20(14)3/h18H,4-12H2,1-3H3. The first kappa shape index (κ1) is 16.0. The fourth-order valence-corrected chi connectivity index (χ4v) is 4.19. The Morgan fingerprint density at radius 3 is 2.55 bits per heavy atom. The molecule has 0 spiro atoms. The molecule has 1 N–H and O–H groups in total. The second-order valence-corrected chi connectivity index (χ2v) is 7.04. The topological polar surface area (TPSA) is 29.9 Å². The molecule has 1 fully saturated rings. The molecule has 0 aromatic carbocycles. The largest absolute Gasteiger partial charge is 0.316 e. The summed E-state index contributed by atoms with van der Waals surface area (Å²) in [6.45, 7) is 6.69. The maximum absolute atomic E-state index is 4.65. The lowest BCUT2D eigenvalue weighted by molar-refractivity contribution is 0.271. The minimum atomic E-state index is 0.441. The van der Waals surface area contributed by atoms with Crippen LogP contribution in [-0.4, -0.2) is 22.9 Å². The van der Waals surface area contributed by atoms with Gasteiger partial charge in [0.15, 0.2) is 0 Å². The van der Waals surface area contributed by atoms with Crippen LogP contribution in [0, 0.1) is 5.41 Å². The molecule has 0 amide bonds. The molecule has 20 heavy (non-hydrogen) atoms. The molecule has 1 aliphatic rings. The highest BCUT2D eigenvalue weighted by Crippen LogP contribution is 2.42. The smallest absolute Gasteiger partial charge is 0.0766 e. The van der Waals surface area contributed by atoms with E-state index in [0.717, 1.165) is 25.9 Å². The third kappa shape index (κ3) is 3.45. The van der Waals surface area contributed by atoms with Gasteiger partial charge in [-0.1, -0.05) is 26.7 Å². The predicted molar refractivity (Wildman–Crippen MR) is 88.1 cm³/mol. The summed E-state index contributed by atoms with van der Waals surface area (Å²) < 4.78 is 3.33. The van der Waals surface area contributed by atoms with E-state index in [4.69, 9.17) is 0 Å². The molecular weight excluding hydrogens is 314 g/mol. The van der Waals surface area contributed by atoms with Crippen molar-refractivity contribution >= 4 is 15.9 Å². The zero-order chi connectivity index (χ0) is 14.6. The number of hydrogen-bond donors (Lipinski definition) is 1. The Kier molecular flexibility index (Phi) is 5.67. The zero-order valence-corrected chi connectivity index (χ0v) is 14.7. The molecule has 0 bridgehead atoms. The Morgan fingerprint density at radius 2 is 2.00 bits per heavy atom. The molecule has 114 valence electrons. The Labute approximate surface area is 131 Å². The van der Waals surface area contributed by atoms with Gasteiger partial charge in [-0.05, 0) is 60.0 Å². The Bertz CT molecular complexity index is 433. The van der Waals surface area contributed by atoms with Crippen LogP contribution >= 0.6 is 15.9 Å². The van der Waals surface area contributed by atoms with Crippen molar-refractivity contribution in [3.8, 4) is 0 Å². The van der Waals surface area contributed by atoms with Gasteiger partial charge in [0.2, 0.25) is 0 Å². The van der Waals surface area contributed by atoms with Crippen molar-refractivity contribution in [2.75, 3.05) is 13.1 Å². The van der Waals surface area contributed by atoms with Gasteiger partial charge in [-0.2, -0.15) is 5.10 Å². The summed E-state index contributed by atoms with van der Waals surface area (Å²) in [5, 5.41) is 8.30. The average Bonchev–Trinajstić information content (AvgIpc) is 3.00. The summed E-state index contributed by atoms with van der Waals surface area (Å²) in [5.74, 6) is 0. The SMILES string of the molecule is CCCNCC1(Cc2c(Br)c(CC)nn2C)CCCC1. The molecule has 1 aromatic heterocycles. The Hall–Kier alpha value is -0.350. The van der Waals surface area contributed by atoms with E-state index >= 15 is 0 Å². The first-order chi connectivity index (χ1) is 9.62. The van der Waals surface area contributed by atoms with Crippen LogP contribution in [-0.2, 0) is 19.9 Å². The molecule has 1 aliphatic carbocycles. The second kappa shape index (κ2) is 7.08. The molecule has 0 atom stereocenters. The number of hydrogen-bond acceptors (Lipinski definition) is 2. The van der Waals surface area contributed by atoms with Crippen molar-refractivity contribution in [1.29, 1.82) is 0 Å². The lowest BCUT2D eigenvalue weighted by Gasteiger charge is -2.29. The van der Waals surface area contributed by atoms with Crippen LogP contribution in [0.3, 0.4) is 0 Å². The van der Waals surface area contributed by atoms with E-state index in [1.54, 1.807) is 0 Å². The maximum atomic E-state index is 4.65. The number of aryl methyl sites for hydroxylation is 2. The van der Waals surface area contributed by atoms with Crippen molar-refractivity contribution in [2.45, 2.75) is 58.8 Å². The summed E-state index contributed by atoms with van der Waals surface area (Å²) in [6.07, 6.45) is 8.81.